The number of nitrogens with one attached hydrogen (secondary N) is 1. The fraction of sp³-hybridized carbons (Fsp3) is 0.440. The Kier molecular flexibility index (Phi) is 7.36. The Balaban J connectivity index is 1.60. The molecule has 0 radical (unpaired) electrons. The molecule has 0 spiro atoms. The van der Waals surface area contributed by atoms with Crippen LogP contribution in [0.3, 0.4) is 0 Å². The molecule has 9 heteroatoms. The minimum Gasteiger partial charge on any atom is -0.361 e. The Morgan fingerprint density at radius 3 is 2.65 bits per heavy atom. The molecule has 0 aliphatic carbocycles. The first-order valence-corrected chi connectivity index (χ1v) is 14.9. The lowest BCUT2D eigenvalue weighted by Gasteiger charge is -2.29. The van der Waals surface area contributed by atoms with Crippen molar-refractivity contribution < 1.29 is 22.4 Å². The van der Waals surface area contributed by atoms with Gasteiger partial charge >= 0.3 is 7.75 Å². The summed E-state index contributed by atoms with van der Waals surface area (Å²) in [6.45, 7) is 5.96. The summed E-state index contributed by atoms with van der Waals surface area (Å²) in [7, 11) is -7.41. The van der Waals surface area contributed by atoms with Crippen LogP contribution in [0.5, 0.6) is 0 Å². The third kappa shape index (κ3) is 5.02. The Morgan fingerprint density at radius 1 is 1.21 bits per heavy atom. The van der Waals surface area contributed by atoms with Crippen molar-refractivity contribution in [2.75, 3.05) is 6.54 Å². The van der Waals surface area contributed by atoms with Crippen LogP contribution in [0.2, 0.25) is 0 Å². The summed E-state index contributed by atoms with van der Waals surface area (Å²) in [5, 5.41) is 0.238. The molecule has 4 rings (SSSR count). The number of nitrogens with zero attached hydrogens (tertiary/aromatic N) is 1. The van der Waals surface area contributed by atoms with Gasteiger partial charge in [-0.05, 0) is 74.9 Å². The summed E-state index contributed by atoms with van der Waals surface area (Å²) in [5.41, 5.74) is 2.63. The zero-order valence-corrected chi connectivity index (χ0v) is 21.6. The molecule has 2 aromatic carbocycles. The van der Waals surface area contributed by atoms with Gasteiger partial charge in [0.1, 0.15) is 0 Å². The van der Waals surface area contributed by atoms with Gasteiger partial charge in [-0.25, -0.2) is 17.7 Å². The maximum atomic E-state index is 13.1. The van der Waals surface area contributed by atoms with E-state index >= 15 is 0 Å². The number of aromatic amines is 1. The van der Waals surface area contributed by atoms with Gasteiger partial charge in [-0.3, -0.25) is 4.52 Å². The Labute approximate surface area is 201 Å². The van der Waals surface area contributed by atoms with Crippen LogP contribution in [0.25, 0.3) is 10.9 Å². The molecule has 4 atom stereocenters. The molecule has 34 heavy (non-hydrogen) atoms. The predicted molar refractivity (Wildman–Crippen MR) is 134 cm³/mol. The second kappa shape index (κ2) is 9.96. The number of sulfone groups is 1. The molecule has 4 unspecified atom stereocenters. The molecule has 1 fully saturated rings. The lowest BCUT2D eigenvalue weighted by Crippen LogP contribution is -2.30. The van der Waals surface area contributed by atoms with Crippen LogP contribution >= 0.6 is 7.75 Å². The fourth-order valence-electron chi connectivity index (χ4n) is 4.60. The lowest BCUT2D eigenvalue weighted by molar-refractivity contribution is 0.144. The minimum absolute atomic E-state index is 0.118. The van der Waals surface area contributed by atoms with E-state index < -0.39 is 22.8 Å². The highest BCUT2D eigenvalue weighted by molar-refractivity contribution is 7.91. The van der Waals surface area contributed by atoms with E-state index in [-0.39, 0.29) is 12.1 Å². The number of hydrogen-bond acceptors (Lipinski definition) is 4. The first-order valence-electron chi connectivity index (χ1n) is 11.8. The number of aromatic nitrogens is 1. The third-order valence-corrected chi connectivity index (χ3v) is 10.8. The molecule has 2 heterocycles. The van der Waals surface area contributed by atoms with E-state index in [0.29, 0.717) is 29.8 Å². The molecule has 7 nitrogen and oxygen atoms in total. The highest BCUT2D eigenvalue weighted by atomic mass is 32.2. The Morgan fingerprint density at radius 2 is 1.94 bits per heavy atom. The van der Waals surface area contributed by atoms with E-state index in [2.05, 4.69) is 4.98 Å². The van der Waals surface area contributed by atoms with Crippen LogP contribution in [0.1, 0.15) is 56.4 Å². The zero-order valence-electron chi connectivity index (χ0n) is 19.8. The number of benzene rings is 2. The maximum Gasteiger partial charge on any atom is 0.406 e. The zero-order chi connectivity index (χ0) is 24.5. The van der Waals surface area contributed by atoms with Crippen molar-refractivity contribution in [3.05, 3.63) is 65.9 Å². The maximum absolute atomic E-state index is 13.1. The Hall–Kier alpha value is -1.96. The van der Waals surface area contributed by atoms with Crippen molar-refractivity contribution in [3.63, 3.8) is 0 Å². The molecule has 3 aromatic rings. The third-order valence-electron chi connectivity index (χ3n) is 6.82. The van der Waals surface area contributed by atoms with E-state index in [1.165, 1.54) is 0 Å². The molecule has 0 saturated carbocycles. The molecule has 0 amide bonds. The smallest absolute Gasteiger partial charge is 0.361 e. The number of H-pyrrole nitrogens is 1. The van der Waals surface area contributed by atoms with Crippen LogP contribution in [-0.2, 0) is 25.3 Å². The van der Waals surface area contributed by atoms with E-state index in [1.54, 1.807) is 48.8 Å². The summed E-state index contributed by atoms with van der Waals surface area (Å²) in [5.74, 6) is 0. The lowest BCUT2D eigenvalue weighted by atomic mass is 10.0. The van der Waals surface area contributed by atoms with E-state index in [0.717, 1.165) is 29.3 Å². The molecule has 1 aliphatic heterocycles. The van der Waals surface area contributed by atoms with Gasteiger partial charge in [0.2, 0.25) is 0 Å². The molecule has 184 valence electrons. The van der Waals surface area contributed by atoms with Crippen molar-refractivity contribution in [3.8, 4) is 0 Å². The van der Waals surface area contributed by atoms with E-state index in [1.807, 2.05) is 31.3 Å². The van der Waals surface area contributed by atoms with Gasteiger partial charge in [-0.1, -0.05) is 31.2 Å². The first kappa shape index (κ1) is 25.1. The summed E-state index contributed by atoms with van der Waals surface area (Å²) in [6, 6.07) is 14.1. The van der Waals surface area contributed by atoms with Gasteiger partial charge < -0.3 is 9.88 Å². The summed E-state index contributed by atoms with van der Waals surface area (Å²) < 4.78 is 46.4. The average molecular weight is 505 g/mol. The number of hydrogen-bond donors (Lipinski definition) is 2. The number of fused-ring (bicyclic) bond motifs is 1. The van der Waals surface area contributed by atoms with Crippen LogP contribution in [0.4, 0.5) is 0 Å². The highest BCUT2D eigenvalue weighted by Gasteiger charge is 2.40. The molecule has 1 saturated heterocycles. The average Bonchev–Trinajstić information content (AvgIpc) is 3.46. The van der Waals surface area contributed by atoms with Crippen LogP contribution in [-0.4, -0.2) is 41.7 Å². The quantitative estimate of drug-likeness (QED) is 0.367. The second-order valence-electron chi connectivity index (χ2n) is 9.10. The van der Waals surface area contributed by atoms with Crippen LogP contribution in [0, 0.1) is 0 Å². The van der Waals surface area contributed by atoms with E-state index in [9.17, 15) is 17.9 Å². The SMILES string of the molecule is CCC(C)OP(=O)(O)N1CCCC1Cc1c[nH]c2ccc(C(C)S(=O)(=O)c3ccccc3)cc12. The molecule has 1 aliphatic rings. The van der Waals surface area contributed by atoms with Crippen LogP contribution in [0.15, 0.2) is 59.6 Å². The molecule has 0 bridgehead atoms. The van der Waals surface area contributed by atoms with Crippen molar-refractivity contribution >= 4 is 28.5 Å². The van der Waals surface area contributed by atoms with Crippen molar-refractivity contribution in [2.24, 2.45) is 0 Å². The van der Waals surface area contributed by atoms with E-state index in [4.69, 9.17) is 4.52 Å². The van der Waals surface area contributed by atoms with Gasteiger partial charge in [0.25, 0.3) is 0 Å². The van der Waals surface area contributed by atoms with Crippen molar-refractivity contribution in [1.29, 1.82) is 0 Å². The van der Waals surface area contributed by atoms with Crippen molar-refractivity contribution in [2.45, 2.75) is 68.7 Å². The van der Waals surface area contributed by atoms with Gasteiger partial charge in [-0.2, -0.15) is 0 Å². The predicted octanol–water partition coefficient (Wildman–Crippen LogP) is 5.63. The first-order chi connectivity index (χ1) is 16.1. The topological polar surface area (TPSA) is 99.7 Å². The normalized spacial score (nSPS) is 20.9. The standard InChI is InChI=1S/C25H33N2O5PS/c1-4-18(2)32-33(28,29)27-14-8-9-22(27)15-21-17-26-25-13-12-20(16-24(21)25)19(3)34(30,31)23-10-6-5-7-11-23/h5-7,10-13,16-19,22,26H,4,8-9,14-15H2,1-3H3,(H,28,29). The molecule has 2 N–H and O–H groups in total. The number of rotatable bonds is 9. The van der Waals surface area contributed by atoms with Crippen LogP contribution < -0.4 is 0 Å². The largest absolute Gasteiger partial charge is 0.406 e. The molecular weight excluding hydrogens is 471 g/mol. The summed E-state index contributed by atoms with van der Waals surface area (Å²) >= 11 is 0. The van der Waals surface area contributed by atoms with Gasteiger partial charge in [-0.15, -0.1) is 0 Å². The van der Waals surface area contributed by atoms with Gasteiger partial charge in [0.05, 0.1) is 16.2 Å². The molecule has 1 aromatic heterocycles. The summed E-state index contributed by atoms with van der Waals surface area (Å²) in [6.07, 6.45) is 4.51. The van der Waals surface area contributed by atoms with Gasteiger partial charge in [0.15, 0.2) is 9.84 Å². The van der Waals surface area contributed by atoms with Gasteiger partial charge in [0, 0.05) is 29.7 Å². The second-order valence-corrected chi connectivity index (χ2v) is 13.1. The molecular formula is C25H33N2O5PS. The minimum atomic E-state index is -3.89. The fourth-order valence-corrected chi connectivity index (χ4v) is 7.79. The Bertz CT molecular complexity index is 1290. The summed E-state index contributed by atoms with van der Waals surface area (Å²) in [4.78, 5) is 14.2. The van der Waals surface area contributed by atoms with Crippen molar-refractivity contribution in [1.82, 2.24) is 9.65 Å². The highest BCUT2D eigenvalue weighted by Crippen LogP contribution is 2.52. The monoisotopic (exact) mass is 504 g/mol.